The fourth-order valence-corrected chi connectivity index (χ4v) is 1.32. The molecule has 0 spiro atoms. The van der Waals surface area contributed by atoms with Gasteiger partial charge in [0.15, 0.2) is 0 Å². The Balaban J connectivity index is 3.59. The molecule has 0 radical (unpaired) electrons. The number of carbonyl (C=O) groups is 1. The molecule has 0 fully saturated rings. The van der Waals surface area contributed by atoms with E-state index in [0.29, 0.717) is 12.5 Å². The molecule has 4 heteroatoms. The van der Waals surface area contributed by atoms with Gasteiger partial charge in [-0.1, -0.05) is 13.8 Å². The van der Waals surface area contributed by atoms with Gasteiger partial charge in [0.2, 0.25) is 5.91 Å². The summed E-state index contributed by atoms with van der Waals surface area (Å²) in [6.07, 6.45) is 2.00. The van der Waals surface area contributed by atoms with Crippen LogP contribution in [0.2, 0.25) is 0 Å². The average molecular weight is 244 g/mol. The molecule has 0 aliphatic rings. The maximum absolute atomic E-state index is 11.0. The zero-order valence-corrected chi connectivity index (χ0v) is 11.9. The van der Waals surface area contributed by atoms with Crippen molar-refractivity contribution in [3.63, 3.8) is 0 Å². The summed E-state index contributed by atoms with van der Waals surface area (Å²) in [5.74, 6) is 0.695. The van der Waals surface area contributed by atoms with Gasteiger partial charge in [0, 0.05) is 13.7 Å². The largest absolute Gasteiger partial charge is 0.376 e. The quantitative estimate of drug-likeness (QED) is 0.605. The van der Waals surface area contributed by atoms with E-state index in [1.165, 1.54) is 0 Å². The van der Waals surface area contributed by atoms with Crippen LogP contribution < -0.4 is 10.6 Å². The number of carbonyl (C=O) groups excluding carboxylic acids is 1. The summed E-state index contributed by atoms with van der Waals surface area (Å²) in [5.41, 5.74) is -0.120. The molecule has 0 aromatic rings. The van der Waals surface area contributed by atoms with Crippen LogP contribution in [0, 0.1) is 5.92 Å². The highest BCUT2D eigenvalue weighted by Gasteiger charge is 2.17. The number of hydrogen-bond donors (Lipinski definition) is 2. The maximum Gasteiger partial charge on any atom is 0.233 e. The van der Waals surface area contributed by atoms with E-state index in [0.717, 1.165) is 26.0 Å². The molecule has 4 nitrogen and oxygen atoms in total. The van der Waals surface area contributed by atoms with Crippen LogP contribution >= 0.6 is 0 Å². The predicted molar refractivity (Wildman–Crippen MR) is 71.0 cm³/mol. The van der Waals surface area contributed by atoms with Crippen LogP contribution in [-0.4, -0.2) is 38.3 Å². The lowest BCUT2D eigenvalue weighted by atomic mass is 10.0. The lowest BCUT2D eigenvalue weighted by Gasteiger charge is -2.26. The van der Waals surface area contributed by atoms with Crippen molar-refractivity contribution in [3.05, 3.63) is 0 Å². The summed E-state index contributed by atoms with van der Waals surface area (Å²) in [6.45, 7) is 10.5. The molecule has 2 N–H and O–H groups in total. The van der Waals surface area contributed by atoms with E-state index in [1.807, 2.05) is 0 Å². The van der Waals surface area contributed by atoms with Crippen LogP contribution in [-0.2, 0) is 9.53 Å². The third-order valence-electron chi connectivity index (χ3n) is 2.66. The predicted octanol–water partition coefficient (Wildman–Crippen LogP) is 1.55. The number of hydrogen-bond acceptors (Lipinski definition) is 3. The molecule has 0 rings (SSSR count). The molecule has 0 aliphatic heterocycles. The molecule has 0 atom stereocenters. The molecule has 0 bridgehead atoms. The van der Waals surface area contributed by atoms with Gasteiger partial charge in [-0.25, -0.2) is 0 Å². The van der Waals surface area contributed by atoms with E-state index in [-0.39, 0.29) is 11.5 Å². The minimum Gasteiger partial charge on any atom is -0.376 e. The van der Waals surface area contributed by atoms with Crippen LogP contribution in [0.4, 0.5) is 0 Å². The lowest BCUT2D eigenvalue weighted by molar-refractivity contribution is -0.119. The van der Waals surface area contributed by atoms with Crippen LogP contribution in [0.15, 0.2) is 0 Å². The van der Waals surface area contributed by atoms with Crippen LogP contribution in [0.1, 0.15) is 40.5 Å². The first-order valence-corrected chi connectivity index (χ1v) is 6.42. The number of ether oxygens (including phenoxy) is 1. The molecule has 1 amide bonds. The summed E-state index contributed by atoms with van der Waals surface area (Å²) in [5, 5.41) is 5.68. The molecule has 0 saturated heterocycles. The van der Waals surface area contributed by atoms with Crippen LogP contribution in [0.5, 0.6) is 0 Å². The van der Waals surface area contributed by atoms with Crippen molar-refractivity contribution in [2.24, 2.45) is 5.92 Å². The highest BCUT2D eigenvalue weighted by molar-refractivity contribution is 5.77. The Hall–Kier alpha value is -0.610. The van der Waals surface area contributed by atoms with E-state index in [2.05, 4.69) is 38.3 Å². The number of rotatable bonds is 9. The summed E-state index contributed by atoms with van der Waals surface area (Å²) in [7, 11) is 1.64. The molecule has 0 heterocycles. The molecule has 0 unspecified atom stereocenters. The van der Waals surface area contributed by atoms with Gasteiger partial charge in [-0.3, -0.25) is 4.79 Å². The van der Waals surface area contributed by atoms with Gasteiger partial charge >= 0.3 is 0 Å². The van der Waals surface area contributed by atoms with Crippen LogP contribution in [0.3, 0.4) is 0 Å². The summed E-state index contributed by atoms with van der Waals surface area (Å²) < 4.78 is 5.83. The van der Waals surface area contributed by atoms with E-state index >= 15 is 0 Å². The van der Waals surface area contributed by atoms with Gasteiger partial charge in [0.1, 0.15) is 0 Å². The van der Waals surface area contributed by atoms with Crippen LogP contribution in [0.25, 0.3) is 0 Å². The summed E-state index contributed by atoms with van der Waals surface area (Å²) in [6, 6.07) is 0. The third-order valence-corrected chi connectivity index (χ3v) is 2.66. The Morgan fingerprint density at radius 1 is 1.35 bits per heavy atom. The Kier molecular flexibility index (Phi) is 8.17. The highest BCUT2D eigenvalue weighted by atomic mass is 16.5. The van der Waals surface area contributed by atoms with Crippen molar-refractivity contribution in [2.75, 3.05) is 26.7 Å². The summed E-state index contributed by atoms with van der Waals surface area (Å²) in [4.78, 5) is 11.0. The first kappa shape index (κ1) is 16.4. The number of likely N-dealkylation sites (N-methyl/N-ethyl adjacent to an activating group) is 1. The number of amides is 1. The second-order valence-electron chi connectivity index (χ2n) is 5.39. The van der Waals surface area contributed by atoms with E-state index in [4.69, 9.17) is 4.74 Å². The molecule has 0 saturated carbocycles. The van der Waals surface area contributed by atoms with Crippen molar-refractivity contribution >= 4 is 5.91 Å². The van der Waals surface area contributed by atoms with Gasteiger partial charge in [-0.05, 0) is 39.2 Å². The second kappa shape index (κ2) is 8.48. The molecule has 0 aromatic carbocycles. The van der Waals surface area contributed by atoms with Gasteiger partial charge in [0.05, 0.1) is 12.1 Å². The van der Waals surface area contributed by atoms with Crippen molar-refractivity contribution < 1.29 is 9.53 Å². The molecular weight excluding hydrogens is 216 g/mol. The Morgan fingerprint density at radius 3 is 2.53 bits per heavy atom. The third kappa shape index (κ3) is 10.3. The zero-order valence-electron chi connectivity index (χ0n) is 11.9. The number of nitrogens with one attached hydrogen (secondary N) is 2. The molecule has 0 aliphatic carbocycles. The lowest BCUT2D eigenvalue weighted by Crippen LogP contribution is -2.35. The van der Waals surface area contributed by atoms with E-state index in [1.54, 1.807) is 7.05 Å². The first-order valence-electron chi connectivity index (χ1n) is 6.42. The second-order valence-corrected chi connectivity index (χ2v) is 5.39. The minimum atomic E-state index is -0.120. The fourth-order valence-electron chi connectivity index (χ4n) is 1.32. The normalized spacial score (nSPS) is 11.9. The fraction of sp³-hybridized carbons (Fsp3) is 0.923. The monoisotopic (exact) mass is 244 g/mol. The standard InChI is InChI=1S/C13H28N2O2/c1-11(2)6-9-17-13(3,4)7-8-15-10-12(16)14-5/h11,15H,6-10H2,1-5H3,(H,14,16). The van der Waals surface area contributed by atoms with E-state index in [9.17, 15) is 4.79 Å². The first-order chi connectivity index (χ1) is 7.87. The van der Waals surface area contributed by atoms with Gasteiger partial charge in [-0.2, -0.15) is 0 Å². The Labute approximate surface area is 105 Å². The summed E-state index contributed by atoms with van der Waals surface area (Å²) >= 11 is 0. The zero-order chi connectivity index (χ0) is 13.3. The van der Waals surface area contributed by atoms with Gasteiger partial charge < -0.3 is 15.4 Å². The highest BCUT2D eigenvalue weighted by Crippen LogP contribution is 2.15. The van der Waals surface area contributed by atoms with Gasteiger partial charge in [-0.15, -0.1) is 0 Å². The maximum atomic E-state index is 11.0. The SMILES string of the molecule is CNC(=O)CNCCC(C)(C)OCCC(C)C. The molecule has 17 heavy (non-hydrogen) atoms. The molecule has 0 aromatic heterocycles. The van der Waals surface area contributed by atoms with Crippen molar-refractivity contribution in [1.82, 2.24) is 10.6 Å². The minimum absolute atomic E-state index is 0.0172. The smallest absolute Gasteiger partial charge is 0.233 e. The van der Waals surface area contributed by atoms with Crippen molar-refractivity contribution in [1.29, 1.82) is 0 Å². The average Bonchev–Trinajstić information content (AvgIpc) is 2.23. The van der Waals surface area contributed by atoms with Crippen molar-refractivity contribution in [2.45, 2.75) is 46.1 Å². The molecule has 102 valence electrons. The van der Waals surface area contributed by atoms with Gasteiger partial charge in [0.25, 0.3) is 0 Å². The van der Waals surface area contributed by atoms with Crippen molar-refractivity contribution in [3.8, 4) is 0 Å². The topological polar surface area (TPSA) is 50.4 Å². The molecular formula is C13H28N2O2. The Morgan fingerprint density at radius 2 is 2.00 bits per heavy atom. The van der Waals surface area contributed by atoms with E-state index < -0.39 is 0 Å². The Bertz CT molecular complexity index is 215.